The third-order valence-electron chi connectivity index (χ3n) is 3.10. The van der Waals surface area contributed by atoms with E-state index in [-0.39, 0.29) is 0 Å². The van der Waals surface area contributed by atoms with Crippen LogP contribution >= 0.6 is 27.5 Å². The Bertz CT molecular complexity index is 515. The number of halogens is 2. The maximum absolute atomic E-state index is 6.05. The summed E-state index contributed by atoms with van der Waals surface area (Å²) in [7, 11) is 0. The van der Waals surface area contributed by atoms with Crippen molar-refractivity contribution in [2.75, 3.05) is 12.5 Å². The molecule has 20 heavy (non-hydrogen) atoms. The van der Waals surface area contributed by atoms with Crippen molar-refractivity contribution in [2.45, 2.75) is 13.0 Å². The predicted octanol–water partition coefficient (Wildman–Crippen LogP) is 5.06. The average Bonchev–Trinajstić information content (AvgIpc) is 2.47. The van der Waals surface area contributed by atoms with E-state index in [2.05, 4.69) is 46.3 Å². The number of hydrogen-bond donors (Lipinski definition) is 0. The van der Waals surface area contributed by atoms with Gasteiger partial charge in [-0.25, -0.2) is 0 Å². The summed E-state index contributed by atoms with van der Waals surface area (Å²) >= 11 is 9.54. The van der Waals surface area contributed by atoms with Gasteiger partial charge in [0.25, 0.3) is 0 Å². The quantitative estimate of drug-likeness (QED) is 0.632. The third-order valence-corrected chi connectivity index (χ3v) is 4.03. The first-order chi connectivity index (χ1) is 9.78. The summed E-state index contributed by atoms with van der Waals surface area (Å²) in [6, 6.07) is 18.6. The molecule has 1 nitrogen and oxygen atoms in total. The molecule has 0 bridgehead atoms. The molecular weight excluding hydrogens is 336 g/mol. The Kier molecular flexibility index (Phi) is 6.58. The predicted molar refractivity (Wildman–Crippen MR) is 88.2 cm³/mol. The molecule has 2 aromatic carbocycles. The fourth-order valence-electron chi connectivity index (χ4n) is 2.07. The smallest absolute Gasteiger partial charge is 0.0717 e. The van der Waals surface area contributed by atoms with E-state index in [4.69, 9.17) is 16.3 Å². The highest BCUT2D eigenvalue weighted by atomic mass is 79.9. The van der Waals surface area contributed by atoms with Gasteiger partial charge in [0.15, 0.2) is 0 Å². The maximum atomic E-state index is 6.05. The molecule has 0 aliphatic rings. The molecule has 2 aromatic rings. The normalized spacial score (nSPS) is 12.3. The van der Waals surface area contributed by atoms with Crippen LogP contribution in [0.4, 0.5) is 0 Å². The lowest BCUT2D eigenvalue weighted by atomic mass is 10.0. The Morgan fingerprint density at radius 1 is 1.00 bits per heavy atom. The van der Waals surface area contributed by atoms with E-state index in [0.29, 0.717) is 25.0 Å². The highest BCUT2D eigenvalue weighted by Gasteiger charge is 2.09. The van der Waals surface area contributed by atoms with Crippen molar-refractivity contribution in [3.05, 3.63) is 70.2 Å². The van der Waals surface area contributed by atoms with E-state index in [0.717, 1.165) is 10.9 Å². The van der Waals surface area contributed by atoms with Crippen molar-refractivity contribution in [3.8, 4) is 0 Å². The van der Waals surface area contributed by atoms with Crippen LogP contribution in [-0.2, 0) is 17.8 Å². The van der Waals surface area contributed by atoms with Crippen LogP contribution in [0.25, 0.3) is 0 Å². The zero-order valence-electron chi connectivity index (χ0n) is 11.3. The molecule has 3 heteroatoms. The van der Waals surface area contributed by atoms with Crippen molar-refractivity contribution in [2.24, 2.45) is 5.92 Å². The Morgan fingerprint density at radius 2 is 1.75 bits per heavy atom. The second kappa shape index (κ2) is 8.46. The molecule has 1 atom stereocenters. The summed E-state index contributed by atoms with van der Waals surface area (Å²) in [5.74, 6) is 0.955. The second-order valence-electron chi connectivity index (χ2n) is 4.86. The lowest BCUT2D eigenvalue weighted by Gasteiger charge is -2.14. The van der Waals surface area contributed by atoms with Crippen LogP contribution in [-0.4, -0.2) is 12.5 Å². The van der Waals surface area contributed by atoms with Crippen LogP contribution in [0.5, 0.6) is 0 Å². The first-order valence-electron chi connectivity index (χ1n) is 6.70. The van der Waals surface area contributed by atoms with Crippen molar-refractivity contribution < 1.29 is 4.74 Å². The molecule has 0 fully saturated rings. The zero-order valence-corrected chi connectivity index (χ0v) is 13.6. The summed E-state index contributed by atoms with van der Waals surface area (Å²) in [6.07, 6.45) is 0.942. The van der Waals surface area contributed by atoms with Crippen LogP contribution < -0.4 is 0 Å². The van der Waals surface area contributed by atoms with Gasteiger partial charge in [0.2, 0.25) is 0 Å². The lowest BCUT2D eigenvalue weighted by Crippen LogP contribution is -2.14. The molecule has 0 aliphatic carbocycles. The van der Waals surface area contributed by atoms with Gasteiger partial charge in [-0.2, -0.15) is 0 Å². The van der Waals surface area contributed by atoms with Crippen LogP contribution in [0.3, 0.4) is 0 Å². The number of ether oxygens (including phenoxy) is 1. The number of benzene rings is 2. The van der Waals surface area contributed by atoms with E-state index in [1.165, 1.54) is 11.1 Å². The van der Waals surface area contributed by atoms with Crippen molar-refractivity contribution in [1.29, 1.82) is 0 Å². The molecule has 2 rings (SSSR count). The molecule has 1 unspecified atom stereocenters. The van der Waals surface area contributed by atoms with Gasteiger partial charge in [-0.05, 0) is 35.6 Å². The molecule has 0 saturated carbocycles. The second-order valence-corrected chi connectivity index (χ2v) is 6.08. The fourth-order valence-corrected chi connectivity index (χ4v) is 2.72. The van der Waals surface area contributed by atoms with Gasteiger partial charge >= 0.3 is 0 Å². The van der Waals surface area contributed by atoms with Gasteiger partial charge in [-0.15, -0.1) is 11.6 Å². The van der Waals surface area contributed by atoms with Crippen LogP contribution in [0.2, 0.25) is 0 Å². The van der Waals surface area contributed by atoms with Crippen molar-refractivity contribution in [3.63, 3.8) is 0 Å². The van der Waals surface area contributed by atoms with Gasteiger partial charge < -0.3 is 4.74 Å². The summed E-state index contributed by atoms with van der Waals surface area (Å²) in [4.78, 5) is 0. The van der Waals surface area contributed by atoms with E-state index in [9.17, 15) is 0 Å². The van der Waals surface area contributed by atoms with Crippen molar-refractivity contribution >= 4 is 27.5 Å². The molecule has 0 aromatic heterocycles. The molecule has 0 heterocycles. The minimum atomic E-state index is 0.342. The zero-order chi connectivity index (χ0) is 14.2. The molecule has 0 radical (unpaired) electrons. The first-order valence-corrected chi connectivity index (χ1v) is 8.03. The highest BCUT2D eigenvalue weighted by molar-refractivity contribution is 9.10. The van der Waals surface area contributed by atoms with E-state index < -0.39 is 0 Å². The van der Waals surface area contributed by atoms with Gasteiger partial charge in [0.1, 0.15) is 0 Å². The largest absolute Gasteiger partial charge is 0.376 e. The fraction of sp³-hybridized carbons (Fsp3) is 0.294. The maximum Gasteiger partial charge on any atom is 0.0717 e. The molecule has 0 aliphatic heterocycles. The highest BCUT2D eigenvalue weighted by Crippen LogP contribution is 2.16. The Morgan fingerprint density at radius 3 is 2.45 bits per heavy atom. The van der Waals surface area contributed by atoms with E-state index in [1.807, 2.05) is 24.3 Å². The number of alkyl halides is 1. The SMILES string of the molecule is ClCC(COCc1ccccc1)Cc1cccc(Br)c1. The van der Waals surface area contributed by atoms with Crippen LogP contribution in [0, 0.1) is 5.92 Å². The summed E-state index contributed by atoms with van der Waals surface area (Å²) in [5, 5.41) is 0. The topological polar surface area (TPSA) is 9.23 Å². The Balaban J connectivity index is 1.80. The van der Waals surface area contributed by atoms with E-state index in [1.54, 1.807) is 0 Å². The summed E-state index contributed by atoms with van der Waals surface area (Å²) < 4.78 is 6.88. The number of hydrogen-bond acceptors (Lipinski definition) is 1. The minimum absolute atomic E-state index is 0.342. The first kappa shape index (κ1) is 15.6. The minimum Gasteiger partial charge on any atom is -0.376 e. The molecular formula is C17H18BrClO. The van der Waals surface area contributed by atoms with Gasteiger partial charge in [-0.1, -0.05) is 58.4 Å². The van der Waals surface area contributed by atoms with Crippen molar-refractivity contribution in [1.82, 2.24) is 0 Å². The third kappa shape index (κ3) is 5.28. The van der Waals surface area contributed by atoms with Crippen LogP contribution in [0.15, 0.2) is 59.1 Å². The Hall–Kier alpha value is -0.830. The van der Waals surface area contributed by atoms with Crippen LogP contribution in [0.1, 0.15) is 11.1 Å². The standard InChI is InChI=1S/C17H18BrClO/c18-17-8-4-7-15(10-17)9-16(11-19)13-20-12-14-5-2-1-3-6-14/h1-8,10,16H,9,11-13H2. The Labute approximate surface area is 134 Å². The molecule has 106 valence electrons. The molecule has 0 spiro atoms. The van der Waals surface area contributed by atoms with E-state index >= 15 is 0 Å². The van der Waals surface area contributed by atoms with Gasteiger partial charge in [0.05, 0.1) is 13.2 Å². The van der Waals surface area contributed by atoms with Gasteiger partial charge in [-0.3, -0.25) is 0 Å². The molecule has 0 saturated heterocycles. The van der Waals surface area contributed by atoms with Gasteiger partial charge in [0, 0.05) is 10.4 Å². The average molecular weight is 354 g/mol. The summed E-state index contributed by atoms with van der Waals surface area (Å²) in [6.45, 7) is 1.33. The lowest BCUT2D eigenvalue weighted by molar-refractivity contribution is 0.0931. The summed E-state index contributed by atoms with van der Waals surface area (Å²) in [5.41, 5.74) is 2.48. The molecule has 0 N–H and O–H groups in total. The number of rotatable bonds is 7. The molecule has 0 amide bonds. The monoisotopic (exact) mass is 352 g/mol.